The van der Waals surface area contributed by atoms with Crippen LogP contribution in [0.2, 0.25) is 0 Å². The molecule has 0 amide bonds. The molecule has 2 N–H and O–H groups in total. The zero-order valence-electron chi connectivity index (χ0n) is 15.4. The highest BCUT2D eigenvalue weighted by molar-refractivity contribution is 5.67. The van der Waals surface area contributed by atoms with Crippen LogP contribution in [-0.4, -0.2) is 49.5 Å². The molecule has 5 heterocycles. The Labute approximate surface area is 161 Å². The Morgan fingerprint density at radius 2 is 2.04 bits per heavy atom. The Bertz CT molecular complexity index is 1130. The molecule has 0 bridgehead atoms. The SMILES string of the molecule is Cn1cc(-c2ccc3ncc(-c4cccc(N[C@H]5CNC[C@@H]5F)n4)n3c2)cn1. The van der Waals surface area contributed by atoms with Crippen molar-refractivity contribution in [1.82, 2.24) is 29.5 Å². The van der Waals surface area contributed by atoms with Gasteiger partial charge in [0.2, 0.25) is 0 Å². The smallest absolute Gasteiger partial charge is 0.137 e. The summed E-state index contributed by atoms with van der Waals surface area (Å²) in [6.45, 7) is 0.971. The lowest BCUT2D eigenvalue weighted by atomic mass is 10.1. The number of aryl methyl sites for hydroxylation is 1. The van der Waals surface area contributed by atoms with Gasteiger partial charge in [-0.05, 0) is 24.3 Å². The van der Waals surface area contributed by atoms with Crippen molar-refractivity contribution in [3.63, 3.8) is 0 Å². The highest BCUT2D eigenvalue weighted by Gasteiger charge is 2.26. The van der Waals surface area contributed by atoms with Crippen LogP contribution >= 0.6 is 0 Å². The minimum absolute atomic E-state index is 0.262. The van der Waals surface area contributed by atoms with E-state index in [0.717, 1.165) is 28.2 Å². The largest absolute Gasteiger partial charge is 0.363 e. The van der Waals surface area contributed by atoms with E-state index in [0.29, 0.717) is 18.9 Å². The predicted octanol–water partition coefficient (Wildman–Crippen LogP) is 2.52. The van der Waals surface area contributed by atoms with Gasteiger partial charge in [-0.3, -0.25) is 9.08 Å². The molecule has 4 aromatic rings. The van der Waals surface area contributed by atoms with Gasteiger partial charge in [-0.15, -0.1) is 0 Å². The Morgan fingerprint density at radius 3 is 2.82 bits per heavy atom. The summed E-state index contributed by atoms with van der Waals surface area (Å²) in [6.07, 6.45) is 6.74. The summed E-state index contributed by atoms with van der Waals surface area (Å²) in [5, 5.41) is 10.5. The zero-order valence-corrected chi connectivity index (χ0v) is 15.4. The van der Waals surface area contributed by atoms with Crippen molar-refractivity contribution in [2.24, 2.45) is 7.05 Å². The van der Waals surface area contributed by atoms with E-state index in [2.05, 4.69) is 25.7 Å². The van der Waals surface area contributed by atoms with Crippen molar-refractivity contribution < 1.29 is 4.39 Å². The van der Waals surface area contributed by atoms with Crippen molar-refractivity contribution in [1.29, 1.82) is 0 Å². The third kappa shape index (κ3) is 3.01. The summed E-state index contributed by atoms with van der Waals surface area (Å²) < 4.78 is 17.7. The van der Waals surface area contributed by atoms with Crippen LogP contribution < -0.4 is 10.6 Å². The fourth-order valence-electron chi connectivity index (χ4n) is 3.55. The molecule has 7 nitrogen and oxygen atoms in total. The number of nitrogens with zero attached hydrogens (tertiary/aromatic N) is 5. The first-order valence-electron chi connectivity index (χ1n) is 9.22. The lowest BCUT2D eigenvalue weighted by molar-refractivity contribution is 0.342. The first kappa shape index (κ1) is 16.9. The van der Waals surface area contributed by atoms with Crippen LogP contribution in [0.5, 0.6) is 0 Å². The number of aromatic nitrogens is 5. The van der Waals surface area contributed by atoms with Gasteiger partial charge in [0.1, 0.15) is 17.6 Å². The molecule has 1 saturated heterocycles. The fourth-order valence-corrected chi connectivity index (χ4v) is 3.55. The molecule has 2 atom stereocenters. The Balaban J connectivity index is 1.51. The third-order valence-electron chi connectivity index (χ3n) is 5.03. The molecule has 1 aliphatic heterocycles. The van der Waals surface area contributed by atoms with Gasteiger partial charge in [-0.2, -0.15) is 5.10 Å². The van der Waals surface area contributed by atoms with Crippen molar-refractivity contribution in [3.05, 3.63) is 55.1 Å². The molecule has 1 fully saturated rings. The molecule has 28 heavy (non-hydrogen) atoms. The molecule has 0 aliphatic carbocycles. The zero-order chi connectivity index (χ0) is 19.1. The van der Waals surface area contributed by atoms with E-state index in [9.17, 15) is 4.39 Å². The van der Waals surface area contributed by atoms with Crippen LogP contribution in [-0.2, 0) is 7.05 Å². The number of pyridine rings is 2. The first-order valence-corrected chi connectivity index (χ1v) is 9.22. The van der Waals surface area contributed by atoms with Crippen molar-refractivity contribution in [2.45, 2.75) is 12.2 Å². The molecule has 5 rings (SSSR count). The molecule has 0 aromatic carbocycles. The number of hydrogen-bond acceptors (Lipinski definition) is 5. The van der Waals surface area contributed by atoms with Gasteiger partial charge in [-0.1, -0.05) is 6.07 Å². The second-order valence-electron chi connectivity index (χ2n) is 7.03. The van der Waals surface area contributed by atoms with E-state index in [1.165, 1.54) is 0 Å². The summed E-state index contributed by atoms with van der Waals surface area (Å²) in [4.78, 5) is 9.18. The van der Waals surface area contributed by atoms with E-state index < -0.39 is 6.17 Å². The normalized spacial score (nSPS) is 19.4. The number of fused-ring (bicyclic) bond motifs is 1. The van der Waals surface area contributed by atoms with Crippen LogP contribution in [0, 0.1) is 0 Å². The maximum Gasteiger partial charge on any atom is 0.137 e. The van der Waals surface area contributed by atoms with Crippen LogP contribution in [0.3, 0.4) is 0 Å². The van der Waals surface area contributed by atoms with E-state index >= 15 is 0 Å². The number of rotatable bonds is 4. The maximum absolute atomic E-state index is 13.9. The van der Waals surface area contributed by atoms with Crippen LogP contribution in [0.25, 0.3) is 28.2 Å². The summed E-state index contributed by atoms with van der Waals surface area (Å²) >= 11 is 0. The average molecular weight is 377 g/mol. The van der Waals surface area contributed by atoms with E-state index in [1.54, 1.807) is 4.68 Å². The average Bonchev–Trinajstić information content (AvgIpc) is 3.42. The summed E-state index contributed by atoms with van der Waals surface area (Å²) in [5.41, 5.74) is 4.58. The lowest BCUT2D eigenvalue weighted by Gasteiger charge is -2.15. The minimum atomic E-state index is -0.914. The molecule has 0 unspecified atom stereocenters. The first-order chi connectivity index (χ1) is 13.7. The molecule has 0 spiro atoms. The maximum atomic E-state index is 13.9. The predicted molar refractivity (Wildman–Crippen MR) is 106 cm³/mol. The number of nitrogens with one attached hydrogen (secondary N) is 2. The van der Waals surface area contributed by atoms with Gasteiger partial charge in [0.15, 0.2) is 0 Å². The quantitative estimate of drug-likeness (QED) is 0.572. The monoisotopic (exact) mass is 377 g/mol. The topological polar surface area (TPSA) is 72.1 Å². The standard InChI is InChI=1S/C20H20FN7/c1-27-11-14(7-24-27)13-5-6-20-23-10-18(28(20)12-13)16-3-2-4-19(25-16)26-17-9-22-8-15(17)21/h2-7,10-12,15,17,22H,8-9H2,1H3,(H,25,26)/t15-,17-/m0/s1. The molecule has 0 saturated carbocycles. The molecule has 8 heteroatoms. The Kier molecular flexibility index (Phi) is 4.05. The van der Waals surface area contributed by atoms with Crippen molar-refractivity contribution >= 4 is 11.5 Å². The number of hydrogen-bond donors (Lipinski definition) is 2. The Hall–Kier alpha value is -3.26. The van der Waals surface area contributed by atoms with Gasteiger partial charge >= 0.3 is 0 Å². The highest BCUT2D eigenvalue weighted by Crippen LogP contribution is 2.25. The molecular formula is C20H20FN7. The van der Waals surface area contributed by atoms with E-state index in [4.69, 9.17) is 0 Å². The minimum Gasteiger partial charge on any atom is -0.363 e. The molecule has 1 aliphatic rings. The van der Waals surface area contributed by atoms with E-state index in [-0.39, 0.29) is 6.04 Å². The number of halogens is 1. The third-order valence-corrected chi connectivity index (χ3v) is 5.03. The van der Waals surface area contributed by atoms with Gasteiger partial charge in [-0.25, -0.2) is 14.4 Å². The summed E-state index contributed by atoms with van der Waals surface area (Å²) in [6, 6.07) is 9.46. The van der Waals surface area contributed by atoms with Gasteiger partial charge in [0.05, 0.1) is 29.8 Å². The number of imidazole rings is 1. The fraction of sp³-hybridized carbons (Fsp3) is 0.250. The number of anilines is 1. The van der Waals surface area contributed by atoms with Crippen molar-refractivity contribution in [2.75, 3.05) is 18.4 Å². The summed E-state index contributed by atoms with van der Waals surface area (Å²) in [5.74, 6) is 0.659. The molecule has 142 valence electrons. The highest BCUT2D eigenvalue weighted by atomic mass is 19.1. The molecule has 0 radical (unpaired) electrons. The second kappa shape index (κ2) is 6.72. The van der Waals surface area contributed by atoms with Crippen LogP contribution in [0.1, 0.15) is 0 Å². The van der Waals surface area contributed by atoms with Gasteiger partial charge in [0, 0.05) is 43.7 Å². The number of alkyl halides is 1. The van der Waals surface area contributed by atoms with Gasteiger partial charge in [0.25, 0.3) is 0 Å². The summed E-state index contributed by atoms with van der Waals surface area (Å²) in [7, 11) is 1.90. The Morgan fingerprint density at radius 1 is 1.11 bits per heavy atom. The van der Waals surface area contributed by atoms with E-state index in [1.807, 2.05) is 66.6 Å². The van der Waals surface area contributed by atoms with Crippen LogP contribution in [0.4, 0.5) is 10.2 Å². The second-order valence-corrected chi connectivity index (χ2v) is 7.03. The molecular weight excluding hydrogens is 357 g/mol. The van der Waals surface area contributed by atoms with Gasteiger partial charge < -0.3 is 10.6 Å². The van der Waals surface area contributed by atoms with Crippen LogP contribution in [0.15, 0.2) is 55.1 Å². The molecule has 4 aromatic heterocycles. The lowest BCUT2D eigenvalue weighted by Crippen LogP contribution is -2.29. The van der Waals surface area contributed by atoms with Crippen molar-refractivity contribution in [3.8, 4) is 22.5 Å².